The molecule has 2 aromatic carbocycles. The second-order valence-electron chi connectivity index (χ2n) is 6.85. The maximum absolute atomic E-state index is 13.2. The highest BCUT2D eigenvalue weighted by Crippen LogP contribution is 2.26. The van der Waals surface area contributed by atoms with E-state index in [0.29, 0.717) is 33.2 Å². The predicted molar refractivity (Wildman–Crippen MR) is 120 cm³/mol. The van der Waals surface area contributed by atoms with E-state index in [1.54, 1.807) is 24.3 Å². The van der Waals surface area contributed by atoms with Crippen LogP contribution in [0.1, 0.15) is 24.5 Å². The minimum Gasteiger partial charge on any atom is -0.327 e. The highest BCUT2D eigenvalue weighted by Gasteiger charge is 2.29. The Hall–Kier alpha value is -1.29. The second kappa shape index (κ2) is 9.47. The smallest absolute Gasteiger partial charge is 0.196 e. The van der Waals surface area contributed by atoms with Crippen LogP contribution in [0.3, 0.4) is 0 Å². The van der Waals surface area contributed by atoms with Crippen LogP contribution in [-0.2, 0) is 4.79 Å². The summed E-state index contributed by atoms with van der Waals surface area (Å²) in [5, 5.41) is 2.19. The zero-order valence-corrected chi connectivity index (χ0v) is 18.4. The molecule has 3 rings (SSSR count). The van der Waals surface area contributed by atoms with Gasteiger partial charge in [0.25, 0.3) is 0 Å². The number of hydrogen-bond acceptors (Lipinski definition) is 1. The Morgan fingerprint density at radius 2 is 1.32 bits per heavy atom. The lowest BCUT2D eigenvalue weighted by atomic mass is 9.94. The number of ketones is 1. The predicted octanol–water partition coefficient (Wildman–Crippen LogP) is 5.64. The second-order valence-corrected chi connectivity index (χ2v) is 8.54. The fourth-order valence-electron chi connectivity index (χ4n) is 3.34. The molecule has 0 spiro atoms. The van der Waals surface area contributed by atoms with Gasteiger partial charge in [-0.25, -0.2) is 0 Å². The molecular weight excluding hydrogens is 436 g/mol. The Bertz CT molecular complexity index is 892. The fourth-order valence-corrected chi connectivity index (χ4v) is 4.27. The number of halogens is 4. The van der Waals surface area contributed by atoms with Crippen LogP contribution in [0.5, 0.6) is 0 Å². The van der Waals surface area contributed by atoms with Crippen LogP contribution in [-0.4, -0.2) is 25.4 Å². The zero-order valence-electron chi connectivity index (χ0n) is 15.4. The molecule has 0 saturated carbocycles. The van der Waals surface area contributed by atoms with Crippen LogP contribution < -0.4 is 4.90 Å². The van der Waals surface area contributed by atoms with Gasteiger partial charge in [-0.05, 0) is 54.0 Å². The molecule has 0 bridgehead atoms. The largest absolute Gasteiger partial charge is 0.327 e. The average molecular weight is 456 g/mol. The number of hydrogen-bond donors (Lipinski definition) is 1. The van der Waals surface area contributed by atoms with Gasteiger partial charge in [-0.15, -0.1) is 0 Å². The Morgan fingerprint density at radius 3 is 1.71 bits per heavy atom. The van der Waals surface area contributed by atoms with Gasteiger partial charge in [-0.1, -0.05) is 65.5 Å². The van der Waals surface area contributed by atoms with E-state index in [1.165, 1.54) is 4.90 Å². The molecule has 0 atom stereocenters. The van der Waals surface area contributed by atoms with Crippen molar-refractivity contribution in [2.75, 3.05) is 19.6 Å². The van der Waals surface area contributed by atoms with E-state index < -0.39 is 0 Å². The van der Waals surface area contributed by atoms with Crippen molar-refractivity contribution in [3.8, 4) is 0 Å². The van der Waals surface area contributed by atoms with Crippen molar-refractivity contribution in [3.63, 3.8) is 0 Å². The minimum atomic E-state index is 0.0249. The molecule has 1 aliphatic heterocycles. The highest BCUT2D eigenvalue weighted by atomic mass is 35.5. The van der Waals surface area contributed by atoms with Crippen molar-refractivity contribution in [1.82, 2.24) is 0 Å². The van der Waals surface area contributed by atoms with E-state index in [4.69, 9.17) is 46.4 Å². The molecule has 0 unspecified atom stereocenters. The monoisotopic (exact) mass is 454 g/mol. The van der Waals surface area contributed by atoms with Gasteiger partial charge >= 0.3 is 0 Å². The number of rotatable bonds is 4. The van der Waals surface area contributed by atoms with Crippen LogP contribution in [0.25, 0.3) is 12.2 Å². The zero-order chi connectivity index (χ0) is 20.3. The third-order valence-electron chi connectivity index (χ3n) is 4.65. The molecule has 0 aliphatic carbocycles. The summed E-state index contributed by atoms with van der Waals surface area (Å²) in [6, 6.07) is 10.6. The first-order chi connectivity index (χ1) is 13.4. The van der Waals surface area contributed by atoms with Crippen molar-refractivity contribution in [2.45, 2.75) is 13.3 Å². The van der Waals surface area contributed by atoms with Crippen molar-refractivity contribution in [2.24, 2.45) is 0 Å². The summed E-state index contributed by atoms with van der Waals surface area (Å²) in [6.07, 6.45) is 4.77. The number of carbonyl (C=O) groups excluding carboxylic acids is 1. The van der Waals surface area contributed by atoms with Gasteiger partial charge in [-0.2, -0.15) is 0 Å². The van der Waals surface area contributed by atoms with E-state index in [2.05, 4.69) is 6.92 Å². The topological polar surface area (TPSA) is 21.5 Å². The first-order valence-electron chi connectivity index (χ1n) is 9.07. The first-order valence-corrected chi connectivity index (χ1v) is 10.6. The molecule has 28 heavy (non-hydrogen) atoms. The molecule has 6 heteroatoms. The molecule has 2 aromatic rings. The summed E-state index contributed by atoms with van der Waals surface area (Å²) in [6.45, 7) is 4.45. The number of likely N-dealkylation sites (tertiary alicyclic amines) is 1. The van der Waals surface area contributed by atoms with Gasteiger partial charge in [0.05, 0.1) is 17.7 Å². The van der Waals surface area contributed by atoms with Crippen LogP contribution in [0.2, 0.25) is 20.1 Å². The standard InChI is InChI=1S/C22H19Cl4NO/c1-2-7-27-12-16(8-14-3-5-18(23)10-20(14)25)22(28)17(13-27)9-15-4-6-19(24)11-21(15)26/h3-6,8-11H,2,7,12-13H2,1H3/p+1. The van der Waals surface area contributed by atoms with E-state index in [-0.39, 0.29) is 5.78 Å². The Morgan fingerprint density at radius 1 is 0.857 bits per heavy atom. The molecule has 0 aromatic heterocycles. The fraction of sp³-hybridized carbons (Fsp3) is 0.227. The van der Waals surface area contributed by atoms with Crippen LogP contribution >= 0.6 is 46.4 Å². The molecule has 1 heterocycles. The Kier molecular flexibility index (Phi) is 7.25. The first kappa shape index (κ1) is 21.4. The van der Waals surface area contributed by atoms with Gasteiger partial charge in [0.15, 0.2) is 5.78 Å². The lowest BCUT2D eigenvalue weighted by molar-refractivity contribution is -0.891. The number of Topliss-reactive ketones (excluding diaryl/α,β-unsaturated/α-hetero) is 1. The molecular formula is C22H20Cl4NO+. The lowest BCUT2D eigenvalue weighted by Crippen LogP contribution is -3.13. The SMILES string of the molecule is CCC[NH+]1CC(=Cc2ccc(Cl)cc2Cl)C(=O)C(=Cc2ccc(Cl)cc2Cl)C1. The van der Waals surface area contributed by atoms with E-state index in [9.17, 15) is 4.79 Å². The van der Waals surface area contributed by atoms with Gasteiger partial charge in [0.1, 0.15) is 13.1 Å². The van der Waals surface area contributed by atoms with Gasteiger partial charge in [0, 0.05) is 20.1 Å². The van der Waals surface area contributed by atoms with Crippen molar-refractivity contribution in [3.05, 3.63) is 78.8 Å². The summed E-state index contributed by atoms with van der Waals surface area (Å²) in [7, 11) is 0. The number of carbonyl (C=O) groups is 1. The third-order valence-corrected chi connectivity index (χ3v) is 5.78. The van der Waals surface area contributed by atoms with E-state index >= 15 is 0 Å². The third kappa shape index (κ3) is 5.20. The molecule has 1 N–H and O–H groups in total. The highest BCUT2D eigenvalue weighted by molar-refractivity contribution is 6.36. The summed E-state index contributed by atoms with van der Waals surface area (Å²) in [5.74, 6) is 0.0249. The maximum Gasteiger partial charge on any atom is 0.196 e. The van der Waals surface area contributed by atoms with Gasteiger partial charge in [-0.3, -0.25) is 4.79 Å². The molecule has 1 aliphatic rings. The Labute approximate surface area is 185 Å². The van der Waals surface area contributed by atoms with Crippen molar-refractivity contribution >= 4 is 64.3 Å². The molecule has 1 fully saturated rings. The van der Waals surface area contributed by atoms with Crippen LogP contribution in [0.4, 0.5) is 0 Å². The normalized spacial score (nSPS) is 20.2. The van der Waals surface area contributed by atoms with Crippen molar-refractivity contribution < 1.29 is 9.69 Å². The minimum absolute atomic E-state index is 0.0249. The van der Waals surface area contributed by atoms with Gasteiger partial charge in [0.2, 0.25) is 0 Å². The molecule has 1 saturated heterocycles. The van der Waals surface area contributed by atoms with Crippen molar-refractivity contribution in [1.29, 1.82) is 0 Å². The maximum atomic E-state index is 13.2. The van der Waals surface area contributed by atoms with Crippen LogP contribution in [0.15, 0.2) is 47.5 Å². The Balaban J connectivity index is 2.00. The summed E-state index contributed by atoms with van der Waals surface area (Å²) >= 11 is 24.6. The number of piperidine rings is 1. The number of benzene rings is 2. The quantitative estimate of drug-likeness (QED) is 0.591. The number of quaternary nitrogens is 1. The van der Waals surface area contributed by atoms with Crippen LogP contribution in [0, 0.1) is 0 Å². The molecule has 0 amide bonds. The van der Waals surface area contributed by atoms with E-state index in [1.807, 2.05) is 24.3 Å². The molecule has 0 radical (unpaired) electrons. The molecule has 2 nitrogen and oxygen atoms in total. The summed E-state index contributed by atoms with van der Waals surface area (Å²) in [5.41, 5.74) is 3.04. The lowest BCUT2D eigenvalue weighted by Gasteiger charge is -2.26. The van der Waals surface area contributed by atoms with Gasteiger partial charge < -0.3 is 4.90 Å². The summed E-state index contributed by atoms with van der Waals surface area (Å²) < 4.78 is 0. The molecule has 146 valence electrons. The summed E-state index contributed by atoms with van der Waals surface area (Å²) in [4.78, 5) is 14.5. The average Bonchev–Trinajstić information content (AvgIpc) is 2.63. The number of nitrogens with one attached hydrogen (secondary N) is 1. The van der Waals surface area contributed by atoms with E-state index in [0.717, 1.165) is 35.2 Å².